The number of aromatic nitrogens is 4. The monoisotopic (exact) mass is 624 g/mol. The summed E-state index contributed by atoms with van der Waals surface area (Å²) >= 11 is 1.78. The van der Waals surface area contributed by atoms with Crippen LogP contribution in [0, 0.1) is 0 Å². The van der Waals surface area contributed by atoms with Gasteiger partial charge in [-0.1, -0.05) is 91.0 Å². The molecule has 222 valence electrons. The number of oxazole rings is 1. The lowest BCUT2D eigenvalue weighted by Crippen LogP contribution is -2.05. The molecule has 4 aromatic heterocycles. The van der Waals surface area contributed by atoms with Gasteiger partial charge in [-0.3, -0.25) is 0 Å². The first-order valence-corrected chi connectivity index (χ1v) is 16.4. The van der Waals surface area contributed by atoms with E-state index in [1.165, 1.54) is 15.1 Å². The Labute approximate surface area is 272 Å². The normalized spacial score (nSPS) is 14.4. The zero-order chi connectivity index (χ0) is 30.9. The Kier molecular flexibility index (Phi) is 5.77. The van der Waals surface area contributed by atoms with Crippen molar-refractivity contribution in [1.29, 1.82) is 0 Å². The number of hydrogen-bond donors (Lipinski definition) is 0. The molecular weight excluding hydrogens is 601 g/mol. The fraction of sp³-hybridized carbons (Fsp3) is 0.0500. The molecule has 1 aliphatic rings. The number of nitrogens with zero attached hydrogens (tertiary/aromatic N) is 4. The zero-order valence-electron chi connectivity index (χ0n) is 24.9. The van der Waals surface area contributed by atoms with E-state index >= 15 is 0 Å². The Bertz CT molecular complexity index is 2650. The van der Waals surface area contributed by atoms with Crippen LogP contribution in [0.2, 0.25) is 0 Å². The predicted octanol–water partition coefficient (Wildman–Crippen LogP) is 10.7. The van der Waals surface area contributed by atoms with Gasteiger partial charge in [-0.05, 0) is 48.4 Å². The average Bonchev–Trinajstić information content (AvgIpc) is 3.85. The van der Waals surface area contributed by atoms with Crippen molar-refractivity contribution in [2.75, 3.05) is 0 Å². The Morgan fingerprint density at radius 1 is 0.596 bits per heavy atom. The molecule has 0 spiro atoms. The minimum Gasteiger partial charge on any atom is -0.455 e. The van der Waals surface area contributed by atoms with Crippen LogP contribution in [0.15, 0.2) is 130 Å². The number of benzene rings is 5. The molecule has 0 bridgehead atoms. The van der Waals surface area contributed by atoms with Crippen LogP contribution in [0.5, 0.6) is 0 Å². The molecule has 0 amide bonds. The molecule has 0 saturated heterocycles. The van der Waals surface area contributed by atoms with Crippen molar-refractivity contribution in [2.24, 2.45) is 0 Å². The number of allylic oxidation sites excluding steroid dienone is 1. The van der Waals surface area contributed by atoms with Crippen molar-refractivity contribution in [1.82, 2.24) is 19.9 Å². The van der Waals surface area contributed by atoms with Crippen molar-refractivity contribution in [2.45, 2.75) is 12.3 Å². The van der Waals surface area contributed by atoms with Gasteiger partial charge in [0.2, 0.25) is 5.89 Å². The molecule has 1 atom stereocenters. The maximum absolute atomic E-state index is 6.43. The summed E-state index contributed by atoms with van der Waals surface area (Å²) in [4.78, 5) is 21.5. The van der Waals surface area contributed by atoms with Crippen LogP contribution in [0.3, 0.4) is 0 Å². The van der Waals surface area contributed by atoms with Gasteiger partial charge in [0.1, 0.15) is 16.7 Å². The number of rotatable bonds is 4. The van der Waals surface area contributed by atoms with Crippen LogP contribution in [0.1, 0.15) is 28.7 Å². The molecule has 1 unspecified atom stereocenters. The highest BCUT2D eigenvalue weighted by molar-refractivity contribution is 7.20. The molecule has 0 saturated carbocycles. The van der Waals surface area contributed by atoms with Gasteiger partial charge in [0.15, 0.2) is 23.1 Å². The Morgan fingerprint density at radius 2 is 1.32 bits per heavy atom. The second-order valence-electron chi connectivity index (χ2n) is 11.7. The first kappa shape index (κ1) is 26.3. The highest BCUT2D eigenvalue weighted by Crippen LogP contribution is 2.47. The summed E-state index contributed by atoms with van der Waals surface area (Å²) in [6, 6.07) is 38.7. The van der Waals surface area contributed by atoms with Crippen molar-refractivity contribution in [3.63, 3.8) is 0 Å². The van der Waals surface area contributed by atoms with Gasteiger partial charge in [0, 0.05) is 36.9 Å². The summed E-state index contributed by atoms with van der Waals surface area (Å²) < 4.78 is 14.0. The van der Waals surface area contributed by atoms with Crippen LogP contribution in [-0.2, 0) is 0 Å². The summed E-state index contributed by atoms with van der Waals surface area (Å²) in [7, 11) is 0. The van der Waals surface area contributed by atoms with E-state index in [-0.39, 0.29) is 5.92 Å². The second kappa shape index (κ2) is 10.3. The predicted molar refractivity (Wildman–Crippen MR) is 188 cm³/mol. The molecule has 1 aliphatic carbocycles. The molecule has 6 nitrogen and oxygen atoms in total. The van der Waals surface area contributed by atoms with Gasteiger partial charge < -0.3 is 8.83 Å². The fourth-order valence-corrected chi connectivity index (χ4v) is 8.02. The first-order valence-electron chi connectivity index (χ1n) is 15.6. The lowest BCUT2D eigenvalue weighted by molar-refractivity contribution is 0.501. The van der Waals surface area contributed by atoms with Gasteiger partial charge in [0.05, 0.1) is 11.5 Å². The van der Waals surface area contributed by atoms with E-state index in [4.69, 9.17) is 28.8 Å². The number of fused-ring (bicyclic) bond motifs is 7. The van der Waals surface area contributed by atoms with Gasteiger partial charge in [-0.2, -0.15) is 0 Å². The molecule has 0 aliphatic heterocycles. The van der Waals surface area contributed by atoms with Crippen LogP contribution in [-0.4, -0.2) is 19.9 Å². The SMILES string of the molecule is C1=Cc2sc3cccc(-c4nc(-c5ccccc5)nc(-c5cccc6c5oc5ccccc56)n4)c3c2C(c2nc3ccccc3o2)C1. The van der Waals surface area contributed by atoms with Crippen LogP contribution in [0.25, 0.3) is 83.4 Å². The van der Waals surface area contributed by atoms with Gasteiger partial charge in [-0.15, -0.1) is 11.3 Å². The molecule has 0 radical (unpaired) electrons. The molecule has 0 N–H and O–H groups in total. The molecule has 10 rings (SSSR count). The summed E-state index contributed by atoms with van der Waals surface area (Å²) in [5, 5.41) is 3.22. The van der Waals surface area contributed by atoms with E-state index in [2.05, 4.69) is 42.5 Å². The van der Waals surface area contributed by atoms with Gasteiger partial charge >= 0.3 is 0 Å². The first-order chi connectivity index (χ1) is 23.3. The Morgan fingerprint density at radius 3 is 2.21 bits per heavy atom. The van der Waals surface area contributed by atoms with Gasteiger partial charge in [-0.25, -0.2) is 19.9 Å². The van der Waals surface area contributed by atoms with E-state index in [0.29, 0.717) is 17.5 Å². The summed E-state index contributed by atoms with van der Waals surface area (Å²) in [6.07, 6.45) is 5.24. The minimum absolute atomic E-state index is 0.0310. The van der Waals surface area contributed by atoms with Crippen LogP contribution in [0.4, 0.5) is 0 Å². The van der Waals surface area contributed by atoms with Crippen molar-refractivity contribution < 1.29 is 8.83 Å². The van der Waals surface area contributed by atoms with Crippen LogP contribution < -0.4 is 0 Å². The van der Waals surface area contributed by atoms with Crippen molar-refractivity contribution in [3.05, 3.63) is 138 Å². The lowest BCUT2D eigenvalue weighted by atomic mass is 9.87. The average molecular weight is 625 g/mol. The Balaban J connectivity index is 1.22. The smallest absolute Gasteiger partial charge is 0.203 e. The summed E-state index contributed by atoms with van der Waals surface area (Å²) in [6.45, 7) is 0. The molecule has 47 heavy (non-hydrogen) atoms. The minimum atomic E-state index is -0.0310. The maximum atomic E-state index is 6.43. The third-order valence-electron chi connectivity index (χ3n) is 8.93. The number of hydrogen-bond acceptors (Lipinski definition) is 7. The van der Waals surface area contributed by atoms with Gasteiger partial charge in [0.25, 0.3) is 0 Å². The molecule has 0 fully saturated rings. The third kappa shape index (κ3) is 4.17. The molecular formula is C40H24N4O2S. The zero-order valence-corrected chi connectivity index (χ0v) is 25.7. The standard InChI is InChI=1S/C40H24N4O2S/c1-2-11-23(12-3-1)37-42-38(44-39(43-37)28-17-8-14-25-24-13-4-6-19-30(24)45-36(25)28)26-15-9-21-32-34(26)35-27(16-10-22-33(35)47-32)40-41-29-18-5-7-20-31(29)46-40/h1-15,17-22,27H,16H2. The summed E-state index contributed by atoms with van der Waals surface area (Å²) in [5.74, 6) is 2.48. The quantitative estimate of drug-likeness (QED) is 0.194. The highest BCUT2D eigenvalue weighted by Gasteiger charge is 2.30. The fourth-order valence-electron chi connectivity index (χ4n) is 6.80. The number of para-hydroxylation sites is 4. The Hall–Kier alpha value is -5.92. The van der Waals surface area contributed by atoms with Crippen molar-refractivity contribution >= 4 is 60.5 Å². The van der Waals surface area contributed by atoms with E-state index < -0.39 is 0 Å². The molecule has 5 aromatic carbocycles. The number of furan rings is 1. The van der Waals surface area contributed by atoms with E-state index in [9.17, 15) is 0 Å². The second-order valence-corrected chi connectivity index (χ2v) is 12.8. The third-order valence-corrected chi connectivity index (χ3v) is 10.1. The van der Waals surface area contributed by atoms with E-state index in [1.54, 1.807) is 11.3 Å². The number of thiophene rings is 1. The lowest BCUT2D eigenvalue weighted by Gasteiger charge is -2.17. The maximum Gasteiger partial charge on any atom is 0.203 e. The molecule has 9 aromatic rings. The highest BCUT2D eigenvalue weighted by atomic mass is 32.1. The topological polar surface area (TPSA) is 77.8 Å². The van der Waals surface area contributed by atoms with Crippen molar-refractivity contribution in [3.8, 4) is 34.2 Å². The largest absolute Gasteiger partial charge is 0.455 e. The molecule has 4 heterocycles. The molecule has 7 heteroatoms. The van der Waals surface area contributed by atoms with E-state index in [1.807, 2.05) is 84.9 Å². The van der Waals surface area contributed by atoms with Crippen LogP contribution >= 0.6 is 11.3 Å². The summed E-state index contributed by atoms with van der Waals surface area (Å²) in [5.41, 5.74) is 7.16. The van der Waals surface area contributed by atoms with E-state index in [0.717, 1.165) is 67.4 Å².